The minimum absolute atomic E-state index is 0.0270. The van der Waals surface area contributed by atoms with E-state index in [-0.39, 0.29) is 12.2 Å². The summed E-state index contributed by atoms with van der Waals surface area (Å²) in [5.74, 6) is 0.245. The number of hydrogen-bond acceptors (Lipinski definition) is 7. The minimum atomic E-state index is -4.74. The van der Waals surface area contributed by atoms with Gasteiger partial charge >= 0.3 is 16.3 Å². The highest BCUT2D eigenvalue weighted by molar-refractivity contribution is 7.87. The molecule has 8 nitrogen and oxygen atoms in total. The van der Waals surface area contributed by atoms with Crippen LogP contribution in [0.1, 0.15) is 16.7 Å². The second kappa shape index (κ2) is 11.1. The SMILES string of the molecule is COc1ccc(OC)c(CC(=O)N/N=C/c2cc(C(F)(F)F)ccc2S(=O)(=O)Oc2ccccc2)c1. The first-order valence-corrected chi connectivity index (χ1v) is 11.7. The molecule has 0 aromatic heterocycles. The second-order valence-electron chi connectivity index (χ2n) is 7.25. The fourth-order valence-corrected chi connectivity index (χ4v) is 4.20. The fraction of sp³-hybridized carbons (Fsp3) is 0.167. The monoisotopic (exact) mass is 522 g/mol. The van der Waals surface area contributed by atoms with Gasteiger partial charge in [-0.15, -0.1) is 0 Å². The van der Waals surface area contributed by atoms with Crippen molar-refractivity contribution in [3.8, 4) is 17.2 Å². The summed E-state index contributed by atoms with van der Waals surface area (Å²) in [4.78, 5) is 11.8. The third-order valence-corrected chi connectivity index (χ3v) is 6.11. The van der Waals surface area contributed by atoms with E-state index in [1.807, 2.05) is 0 Å². The van der Waals surface area contributed by atoms with Crippen LogP contribution in [0.25, 0.3) is 0 Å². The molecule has 0 atom stereocenters. The number of benzene rings is 3. The number of amides is 1. The Bertz CT molecular complexity index is 1360. The third-order valence-electron chi connectivity index (χ3n) is 4.79. The number of halogens is 3. The lowest BCUT2D eigenvalue weighted by molar-refractivity contribution is -0.137. The first-order chi connectivity index (χ1) is 17.0. The largest absolute Gasteiger partial charge is 0.497 e. The van der Waals surface area contributed by atoms with Gasteiger partial charge in [-0.25, -0.2) is 5.43 Å². The summed E-state index contributed by atoms with van der Waals surface area (Å²) in [6.07, 6.45) is -4.13. The van der Waals surface area contributed by atoms with Crippen molar-refractivity contribution in [3.63, 3.8) is 0 Å². The Morgan fingerprint density at radius 3 is 2.33 bits per heavy atom. The maximum atomic E-state index is 13.3. The average molecular weight is 523 g/mol. The van der Waals surface area contributed by atoms with E-state index < -0.39 is 38.2 Å². The summed E-state index contributed by atoms with van der Waals surface area (Å²) in [5.41, 5.74) is 1.12. The molecular formula is C24H21F3N2O6S. The van der Waals surface area contributed by atoms with Gasteiger partial charge in [-0.1, -0.05) is 18.2 Å². The molecule has 0 aliphatic heterocycles. The van der Waals surface area contributed by atoms with Crippen molar-refractivity contribution in [1.29, 1.82) is 0 Å². The van der Waals surface area contributed by atoms with E-state index in [0.717, 1.165) is 12.3 Å². The van der Waals surface area contributed by atoms with Crippen LogP contribution in [-0.2, 0) is 27.5 Å². The lowest BCUT2D eigenvalue weighted by Gasteiger charge is -2.12. The maximum Gasteiger partial charge on any atom is 0.416 e. The van der Waals surface area contributed by atoms with Gasteiger partial charge in [0.25, 0.3) is 0 Å². The van der Waals surface area contributed by atoms with E-state index in [1.54, 1.807) is 24.3 Å². The zero-order valence-corrected chi connectivity index (χ0v) is 19.9. The number of hydrazone groups is 1. The number of carbonyl (C=O) groups excluding carboxylic acids is 1. The quantitative estimate of drug-likeness (QED) is 0.257. The van der Waals surface area contributed by atoms with Crippen molar-refractivity contribution in [2.45, 2.75) is 17.5 Å². The lowest BCUT2D eigenvalue weighted by Crippen LogP contribution is -2.20. The van der Waals surface area contributed by atoms with Gasteiger partial charge in [0, 0.05) is 11.1 Å². The van der Waals surface area contributed by atoms with Gasteiger partial charge in [-0.05, 0) is 48.5 Å². The summed E-state index contributed by atoms with van der Waals surface area (Å²) in [6.45, 7) is 0. The van der Waals surface area contributed by atoms with Gasteiger partial charge in [0.1, 0.15) is 22.1 Å². The number of rotatable bonds is 9. The summed E-state index contributed by atoms with van der Waals surface area (Å²) in [6, 6.07) is 14.3. The van der Waals surface area contributed by atoms with Crippen LogP contribution in [0.15, 0.2) is 76.7 Å². The Morgan fingerprint density at radius 1 is 0.972 bits per heavy atom. The molecule has 1 amide bonds. The maximum absolute atomic E-state index is 13.3. The molecule has 0 spiro atoms. The molecule has 0 aliphatic carbocycles. The molecule has 0 radical (unpaired) electrons. The van der Waals surface area contributed by atoms with Gasteiger partial charge in [0.15, 0.2) is 0 Å². The van der Waals surface area contributed by atoms with E-state index in [4.69, 9.17) is 13.7 Å². The van der Waals surface area contributed by atoms with Crippen molar-refractivity contribution in [1.82, 2.24) is 5.43 Å². The number of carbonyl (C=O) groups is 1. The summed E-state index contributed by atoms with van der Waals surface area (Å²) < 4.78 is 80.7. The number of nitrogens with zero attached hydrogens (tertiary/aromatic N) is 1. The molecule has 0 fully saturated rings. The number of ether oxygens (including phenoxy) is 2. The highest BCUT2D eigenvalue weighted by Gasteiger charge is 2.32. The molecule has 3 rings (SSSR count). The normalized spacial score (nSPS) is 11.8. The van der Waals surface area contributed by atoms with Crippen LogP contribution in [0, 0.1) is 0 Å². The van der Waals surface area contributed by atoms with Crippen LogP contribution in [0.4, 0.5) is 13.2 Å². The van der Waals surface area contributed by atoms with Crippen molar-refractivity contribution < 1.29 is 40.0 Å². The van der Waals surface area contributed by atoms with Crippen LogP contribution in [0.3, 0.4) is 0 Å². The highest BCUT2D eigenvalue weighted by Crippen LogP contribution is 2.32. The summed E-state index contributed by atoms with van der Waals surface area (Å²) >= 11 is 0. The molecule has 0 saturated carbocycles. The van der Waals surface area contributed by atoms with Crippen molar-refractivity contribution in [2.24, 2.45) is 5.10 Å². The fourth-order valence-electron chi connectivity index (χ4n) is 3.11. The standard InChI is InChI=1S/C24H21F3N2O6S/c1-33-20-9-10-21(34-2)16(13-20)14-23(30)29-28-15-17-12-18(24(25,26)27)8-11-22(17)36(31,32)35-19-6-4-3-5-7-19/h3-13,15H,14H2,1-2H3,(H,29,30)/b28-15+. The Balaban J connectivity index is 1.86. The molecule has 0 bridgehead atoms. The van der Waals surface area contributed by atoms with Gasteiger partial charge in [0.05, 0.1) is 32.4 Å². The molecule has 0 aliphatic rings. The zero-order valence-electron chi connectivity index (χ0n) is 19.1. The Kier molecular flexibility index (Phi) is 8.20. The van der Waals surface area contributed by atoms with Crippen LogP contribution in [0.5, 0.6) is 17.2 Å². The molecule has 0 heterocycles. The minimum Gasteiger partial charge on any atom is -0.497 e. The molecule has 3 aromatic rings. The smallest absolute Gasteiger partial charge is 0.416 e. The van der Waals surface area contributed by atoms with Gasteiger partial charge < -0.3 is 13.7 Å². The molecule has 0 saturated heterocycles. The molecule has 190 valence electrons. The predicted molar refractivity (Wildman–Crippen MR) is 125 cm³/mol. The third kappa shape index (κ3) is 6.75. The number of para-hydroxylation sites is 1. The number of nitrogens with one attached hydrogen (secondary N) is 1. The first-order valence-electron chi connectivity index (χ1n) is 10.3. The van der Waals surface area contributed by atoms with E-state index in [9.17, 15) is 26.4 Å². The summed E-state index contributed by atoms with van der Waals surface area (Å²) in [7, 11) is -1.64. The molecule has 36 heavy (non-hydrogen) atoms. The van der Waals surface area contributed by atoms with E-state index in [2.05, 4.69) is 10.5 Å². The number of hydrogen-bond donors (Lipinski definition) is 1. The number of alkyl halides is 3. The molecular weight excluding hydrogens is 501 g/mol. The van der Waals surface area contributed by atoms with Gasteiger partial charge in [-0.3, -0.25) is 4.79 Å². The van der Waals surface area contributed by atoms with Crippen LogP contribution >= 0.6 is 0 Å². The van der Waals surface area contributed by atoms with E-state index >= 15 is 0 Å². The van der Waals surface area contributed by atoms with E-state index in [1.165, 1.54) is 38.5 Å². The molecule has 0 unspecified atom stereocenters. The molecule has 3 aromatic carbocycles. The Morgan fingerprint density at radius 2 is 1.69 bits per heavy atom. The van der Waals surface area contributed by atoms with Crippen molar-refractivity contribution >= 4 is 22.2 Å². The number of methoxy groups -OCH3 is 2. The second-order valence-corrected chi connectivity index (χ2v) is 8.76. The Labute approximate surface area is 205 Å². The average Bonchev–Trinajstić information content (AvgIpc) is 2.83. The first kappa shape index (κ1) is 26.5. The van der Waals surface area contributed by atoms with Crippen LogP contribution in [0.2, 0.25) is 0 Å². The van der Waals surface area contributed by atoms with Crippen molar-refractivity contribution in [3.05, 3.63) is 83.4 Å². The Hall–Kier alpha value is -4.06. The lowest BCUT2D eigenvalue weighted by atomic mass is 10.1. The topological polar surface area (TPSA) is 103 Å². The molecule has 1 N–H and O–H groups in total. The molecule has 12 heteroatoms. The van der Waals surface area contributed by atoms with Gasteiger partial charge in [0.2, 0.25) is 5.91 Å². The van der Waals surface area contributed by atoms with Crippen LogP contribution in [-0.4, -0.2) is 34.8 Å². The predicted octanol–water partition coefficient (Wildman–Crippen LogP) is 4.18. The highest BCUT2D eigenvalue weighted by atomic mass is 32.2. The zero-order chi connectivity index (χ0) is 26.3. The van der Waals surface area contributed by atoms with Crippen molar-refractivity contribution in [2.75, 3.05) is 14.2 Å². The van der Waals surface area contributed by atoms with E-state index in [0.29, 0.717) is 29.2 Å². The summed E-state index contributed by atoms with van der Waals surface area (Å²) in [5, 5.41) is 3.66. The van der Waals surface area contributed by atoms with Crippen LogP contribution < -0.4 is 19.1 Å². The van der Waals surface area contributed by atoms with Gasteiger partial charge in [-0.2, -0.15) is 26.7 Å².